The molecule has 1 unspecified atom stereocenters. The smallest absolute Gasteiger partial charge is 0.232 e. The van der Waals surface area contributed by atoms with Crippen molar-refractivity contribution in [3.05, 3.63) is 46.6 Å². The van der Waals surface area contributed by atoms with Gasteiger partial charge in [-0.05, 0) is 31.9 Å². The average Bonchev–Trinajstić information content (AvgIpc) is 3.15. The molecule has 29 heavy (non-hydrogen) atoms. The molecule has 3 rings (SSSR count). The van der Waals surface area contributed by atoms with Crippen LogP contribution in [0, 0.1) is 13.8 Å². The summed E-state index contributed by atoms with van der Waals surface area (Å²) in [5.74, 6) is 2.09. The van der Waals surface area contributed by atoms with E-state index < -0.39 is 0 Å². The number of ether oxygens (including phenoxy) is 1. The zero-order valence-electron chi connectivity index (χ0n) is 18.5. The van der Waals surface area contributed by atoms with E-state index in [1.807, 2.05) is 0 Å². The Bertz CT molecular complexity index is 853. The lowest BCUT2D eigenvalue weighted by atomic mass is 9.97. The summed E-state index contributed by atoms with van der Waals surface area (Å²) in [5.41, 5.74) is 3.61. The first-order valence-electron chi connectivity index (χ1n) is 10.3. The number of hydrogen-bond donors (Lipinski definition) is 1. The maximum absolute atomic E-state index is 6.08. The Morgan fingerprint density at radius 2 is 2.10 bits per heavy atom. The van der Waals surface area contributed by atoms with Crippen LogP contribution in [0.1, 0.15) is 62.2 Å². The number of nitrogens with one attached hydrogen (secondary N) is 1. The van der Waals surface area contributed by atoms with E-state index >= 15 is 0 Å². The molecule has 1 saturated heterocycles. The van der Waals surface area contributed by atoms with E-state index in [0.717, 1.165) is 25.6 Å². The second-order valence-electron chi connectivity index (χ2n) is 8.60. The first-order chi connectivity index (χ1) is 13.8. The molecule has 0 bridgehead atoms. The van der Waals surface area contributed by atoms with E-state index in [-0.39, 0.29) is 11.5 Å². The monoisotopic (exact) mass is 399 g/mol. The topological polar surface area (TPSA) is 75.8 Å². The third-order valence-corrected chi connectivity index (χ3v) is 4.95. The van der Waals surface area contributed by atoms with Crippen molar-refractivity contribution < 1.29 is 9.26 Å². The zero-order valence-corrected chi connectivity index (χ0v) is 18.5. The molecular formula is C22H33N5O2. The molecule has 7 nitrogen and oxygen atoms in total. The fourth-order valence-corrected chi connectivity index (χ4v) is 3.41. The molecule has 0 amide bonds. The Morgan fingerprint density at radius 3 is 2.76 bits per heavy atom. The number of hydrogen-bond acceptors (Lipinski definition) is 5. The highest BCUT2D eigenvalue weighted by Gasteiger charge is 2.26. The third kappa shape index (κ3) is 5.35. The molecule has 7 heteroatoms. The van der Waals surface area contributed by atoms with Crippen molar-refractivity contribution in [2.24, 2.45) is 4.99 Å². The number of aryl methyl sites for hydroxylation is 2. The molecule has 0 aliphatic carbocycles. The van der Waals surface area contributed by atoms with Gasteiger partial charge in [0, 0.05) is 18.5 Å². The van der Waals surface area contributed by atoms with Crippen LogP contribution in [-0.4, -0.2) is 47.2 Å². The molecule has 1 aromatic heterocycles. The summed E-state index contributed by atoms with van der Waals surface area (Å²) in [4.78, 5) is 11.5. The summed E-state index contributed by atoms with van der Waals surface area (Å²) in [7, 11) is 0. The number of morpholine rings is 1. The summed E-state index contributed by atoms with van der Waals surface area (Å²) < 4.78 is 11.5. The summed E-state index contributed by atoms with van der Waals surface area (Å²) in [6.45, 7) is 15.9. The maximum Gasteiger partial charge on any atom is 0.232 e. The van der Waals surface area contributed by atoms with Crippen molar-refractivity contribution in [1.82, 2.24) is 20.4 Å². The van der Waals surface area contributed by atoms with E-state index in [2.05, 4.69) is 80.1 Å². The molecule has 1 fully saturated rings. The molecule has 1 atom stereocenters. The van der Waals surface area contributed by atoms with E-state index in [4.69, 9.17) is 14.3 Å². The lowest BCUT2D eigenvalue weighted by molar-refractivity contribution is -0.00835. The van der Waals surface area contributed by atoms with Gasteiger partial charge in [0.1, 0.15) is 12.6 Å². The van der Waals surface area contributed by atoms with Gasteiger partial charge in [0.15, 0.2) is 11.8 Å². The van der Waals surface area contributed by atoms with Gasteiger partial charge in [-0.3, -0.25) is 0 Å². The number of benzene rings is 1. The Hall–Kier alpha value is -2.41. The van der Waals surface area contributed by atoms with Crippen LogP contribution < -0.4 is 5.32 Å². The Balaban J connectivity index is 1.73. The van der Waals surface area contributed by atoms with Crippen molar-refractivity contribution in [3.63, 3.8) is 0 Å². The van der Waals surface area contributed by atoms with Crippen molar-refractivity contribution >= 4 is 5.96 Å². The van der Waals surface area contributed by atoms with Gasteiger partial charge in [0.25, 0.3) is 0 Å². The van der Waals surface area contributed by atoms with E-state index in [0.29, 0.717) is 24.9 Å². The first-order valence-corrected chi connectivity index (χ1v) is 10.3. The maximum atomic E-state index is 6.08. The quantitative estimate of drug-likeness (QED) is 0.626. The zero-order chi connectivity index (χ0) is 21.0. The molecule has 0 saturated carbocycles. The molecule has 158 valence electrons. The minimum atomic E-state index is -0.164. The summed E-state index contributed by atoms with van der Waals surface area (Å²) >= 11 is 0. The van der Waals surface area contributed by atoms with Gasteiger partial charge >= 0.3 is 0 Å². The normalized spacial score (nSPS) is 18.2. The van der Waals surface area contributed by atoms with Gasteiger partial charge in [-0.2, -0.15) is 4.98 Å². The third-order valence-electron chi connectivity index (χ3n) is 4.95. The SMILES string of the molecule is CCNC(=NCc1noc(C(C)(C)C)n1)N1CCOC(c2ccc(C)cc2C)C1. The molecule has 1 N–H and O–H groups in total. The van der Waals surface area contributed by atoms with Crippen LogP contribution in [0.3, 0.4) is 0 Å². The number of aliphatic imine (C=N–C) groups is 1. The lowest BCUT2D eigenvalue weighted by Crippen LogP contribution is -2.48. The number of rotatable bonds is 4. The molecule has 0 radical (unpaired) electrons. The first kappa shape index (κ1) is 21.3. The van der Waals surface area contributed by atoms with Crippen LogP contribution in [-0.2, 0) is 16.7 Å². The van der Waals surface area contributed by atoms with Crippen molar-refractivity contribution in [2.75, 3.05) is 26.2 Å². The van der Waals surface area contributed by atoms with Crippen LogP contribution >= 0.6 is 0 Å². The molecular weight excluding hydrogens is 366 g/mol. The summed E-state index contributed by atoms with van der Waals surface area (Å²) in [6, 6.07) is 6.53. The van der Waals surface area contributed by atoms with E-state index in [1.165, 1.54) is 16.7 Å². The van der Waals surface area contributed by atoms with Crippen LogP contribution in [0.15, 0.2) is 27.7 Å². The summed E-state index contributed by atoms with van der Waals surface area (Å²) in [5, 5.41) is 7.47. The fourth-order valence-electron chi connectivity index (χ4n) is 3.41. The van der Waals surface area contributed by atoms with Crippen LogP contribution in [0.4, 0.5) is 0 Å². The molecule has 2 heterocycles. The predicted molar refractivity (Wildman–Crippen MR) is 114 cm³/mol. The minimum absolute atomic E-state index is 0.0332. The Kier molecular flexibility index (Phi) is 6.57. The highest BCUT2D eigenvalue weighted by Crippen LogP contribution is 2.26. The minimum Gasteiger partial charge on any atom is -0.370 e. The number of aromatic nitrogens is 2. The fraction of sp³-hybridized carbons (Fsp3) is 0.591. The Morgan fingerprint density at radius 1 is 1.31 bits per heavy atom. The largest absolute Gasteiger partial charge is 0.370 e. The standard InChI is InChI=1S/C22H33N5O2/c1-7-23-21(24-13-19-25-20(29-26-19)22(4,5)6)27-10-11-28-18(14-27)17-9-8-15(2)12-16(17)3/h8-9,12,18H,7,10-11,13-14H2,1-6H3,(H,23,24). The highest BCUT2D eigenvalue weighted by atomic mass is 16.5. The second-order valence-corrected chi connectivity index (χ2v) is 8.60. The Labute approximate surface area is 173 Å². The lowest BCUT2D eigenvalue weighted by Gasteiger charge is -2.35. The van der Waals surface area contributed by atoms with Crippen molar-refractivity contribution in [1.29, 1.82) is 0 Å². The number of nitrogens with zero attached hydrogens (tertiary/aromatic N) is 4. The van der Waals surface area contributed by atoms with Gasteiger partial charge in [0.2, 0.25) is 5.89 Å². The average molecular weight is 400 g/mol. The van der Waals surface area contributed by atoms with Gasteiger partial charge in [-0.25, -0.2) is 4.99 Å². The summed E-state index contributed by atoms with van der Waals surface area (Å²) in [6.07, 6.45) is 0.0332. The van der Waals surface area contributed by atoms with Gasteiger partial charge in [-0.1, -0.05) is 49.7 Å². The molecule has 1 aliphatic heterocycles. The van der Waals surface area contributed by atoms with Crippen molar-refractivity contribution in [3.8, 4) is 0 Å². The van der Waals surface area contributed by atoms with E-state index in [9.17, 15) is 0 Å². The van der Waals surface area contributed by atoms with Crippen LogP contribution in [0.5, 0.6) is 0 Å². The van der Waals surface area contributed by atoms with Crippen LogP contribution in [0.25, 0.3) is 0 Å². The van der Waals surface area contributed by atoms with Crippen molar-refractivity contribution in [2.45, 2.75) is 59.6 Å². The number of guanidine groups is 1. The highest BCUT2D eigenvalue weighted by molar-refractivity contribution is 5.80. The molecule has 1 aromatic carbocycles. The van der Waals surface area contributed by atoms with Gasteiger partial charge < -0.3 is 19.5 Å². The molecule has 2 aromatic rings. The molecule has 1 aliphatic rings. The van der Waals surface area contributed by atoms with E-state index in [1.54, 1.807) is 0 Å². The van der Waals surface area contributed by atoms with Crippen LogP contribution in [0.2, 0.25) is 0 Å². The molecule has 0 spiro atoms. The predicted octanol–water partition coefficient (Wildman–Crippen LogP) is 3.52. The second kappa shape index (κ2) is 8.95. The van der Waals surface area contributed by atoms with Gasteiger partial charge in [0.05, 0.1) is 13.2 Å². The van der Waals surface area contributed by atoms with Gasteiger partial charge in [-0.15, -0.1) is 0 Å².